The fourth-order valence-corrected chi connectivity index (χ4v) is 2.62. The number of urea groups is 1. The molecule has 0 atom stereocenters. The number of carbonyl (C=O) groups is 1. The normalized spacial score (nSPS) is 10.5. The minimum Gasteiger partial charge on any atom is -0.392 e. The van der Waals surface area contributed by atoms with Gasteiger partial charge in [-0.1, -0.05) is 54.6 Å². The summed E-state index contributed by atoms with van der Waals surface area (Å²) < 4.78 is 1.67. The van der Waals surface area contributed by atoms with Crippen LogP contribution in [0.25, 0.3) is 11.3 Å². The van der Waals surface area contributed by atoms with Gasteiger partial charge in [0.15, 0.2) is 0 Å². The Morgan fingerprint density at radius 1 is 1.08 bits per heavy atom. The monoisotopic (exact) mass is 336 g/mol. The van der Waals surface area contributed by atoms with Crippen molar-refractivity contribution >= 4 is 11.7 Å². The van der Waals surface area contributed by atoms with E-state index in [-0.39, 0.29) is 12.6 Å². The lowest BCUT2D eigenvalue weighted by atomic mass is 10.1. The summed E-state index contributed by atoms with van der Waals surface area (Å²) in [5.41, 5.74) is 3.98. The Labute approximate surface area is 146 Å². The number of aliphatic hydroxyl groups is 1. The van der Waals surface area contributed by atoms with Gasteiger partial charge in [0.25, 0.3) is 0 Å². The lowest BCUT2D eigenvalue weighted by molar-refractivity contribution is 0.251. The van der Waals surface area contributed by atoms with Gasteiger partial charge in [-0.25, -0.2) is 4.79 Å². The standard InChI is InChI=1S/C19H20N4O2/c1-23-12-17(18(22-23)14-7-3-2-4-8-14)21-19(25)20-11-15-9-5-6-10-16(15)13-24/h2-10,12,24H,11,13H2,1H3,(H2,20,21,25). The Balaban J connectivity index is 1.70. The van der Waals surface area contributed by atoms with Crippen LogP contribution < -0.4 is 10.6 Å². The van der Waals surface area contributed by atoms with E-state index in [4.69, 9.17) is 0 Å². The second-order valence-electron chi connectivity index (χ2n) is 5.67. The van der Waals surface area contributed by atoms with Crippen LogP contribution in [-0.4, -0.2) is 20.9 Å². The molecule has 128 valence electrons. The molecule has 0 aliphatic rings. The van der Waals surface area contributed by atoms with Gasteiger partial charge in [-0.3, -0.25) is 4.68 Å². The van der Waals surface area contributed by atoms with Crippen LogP contribution in [0.1, 0.15) is 11.1 Å². The number of hydrogen-bond donors (Lipinski definition) is 3. The summed E-state index contributed by atoms with van der Waals surface area (Å²) >= 11 is 0. The second-order valence-corrected chi connectivity index (χ2v) is 5.67. The fourth-order valence-electron chi connectivity index (χ4n) is 2.62. The topological polar surface area (TPSA) is 79.2 Å². The Kier molecular flexibility index (Phi) is 5.11. The van der Waals surface area contributed by atoms with Crippen molar-refractivity contribution in [3.63, 3.8) is 0 Å². The molecular formula is C19H20N4O2. The number of benzene rings is 2. The van der Waals surface area contributed by atoms with Gasteiger partial charge in [0.2, 0.25) is 0 Å². The third kappa shape index (κ3) is 4.05. The highest BCUT2D eigenvalue weighted by Crippen LogP contribution is 2.25. The number of nitrogens with one attached hydrogen (secondary N) is 2. The average Bonchev–Trinajstić information content (AvgIpc) is 3.01. The van der Waals surface area contributed by atoms with Gasteiger partial charge in [-0.2, -0.15) is 5.10 Å². The van der Waals surface area contributed by atoms with Crippen LogP contribution in [0.15, 0.2) is 60.8 Å². The van der Waals surface area contributed by atoms with Crippen molar-refractivity contribution in [1.29, 1.82) is 0 Å². The van der Waals surface area contributed by atoms with Gasteiger partial charge in [0.05, 0.1) is 12.3 Å². The van der Waals surface area contributed by atoms with Crippen molar-refractivity contribution in [2.45, 2.75) is 13.2 Å². The lowest BCUT2D eigenvalue weighted by Gasteiger charge is -2.10. The van der Waals surface area contributed by atoms with Gasteiger partial charge in [0, 0.05) is 25.4 Å². The zero-order valence-corrected chi connectivity index (χ0v) is 13.9. The van der Waals surface area contributed by atoms with Crippen molar-refractivity contribution in [3.05, 3.63) is 71.9 Å². The van der Waals surface area contributed by atoms with Crippen molar-refractivity contribution < 1.29 is 9.90 Å². The third-order valence-corrected chi connectivity index (χ3v) is 3.85. The molecule has 0 aliphatic carbocycles. The molecule has 0 unspecified atom stereocenters. The summed E-state index contributed by atoms with van der Waals surface area (Å²) in [6.45, 7) is 0.281. The van der Waals surface area contributed by atoms with Gasteiger partial charge in [-0.15, -0.1) is 0 Å². The van der Waals surface area contributed by atoms with Crippen LogP contribution in [0.2, 0.25) is 0 Å². The van der Waals surface area contributed by atoms with Gasteiger partial charge in [0.1, 0.15) is 5.69 Å². The van der Waals surface area contributed by atoms with Crippen LogP contribution in [0.3, 0.4) is 0 Å². The van der Waals surface area contributed by atoms with Crippen LogP contribution in [-0.2, 0) is 20.2 Å². The number of amides is 2. The number of aromatic nitrogens is 2. The first-order valence-corrected chi connectivity index (χ1v) is 7.99. The molecule has 0 spiro atoms. The van der Waals surface area contributed by atoms with Crippen LogP contribution >= 0.6 is 0 Å². The van der Waals surface area contributed by atoms with Crippen molar-refractivity contribution in [2.24, 2.45) is 7.05 Å². The highest BCUT2D eigenvalue weighted by molar-refractivity contribution is 5.93. The first kappa shape index (κ1) is 16.7. The molecule has 2 aromatic carbocycles. The Morgan fingerprint density at radius 2 is 1.76 bits per heavy atom. The SMILES string of the molecule is Cn1cc(NC(=O)NCc2ccccc2CO)c(-c2ccccc2)n1. The van der Waals surface area contributed by atoms with Crippen LogP contribution in [0, 0.1) is 0 Å². The van der Waals surface area contributed by atoms with Crippen molar-refractivity contribution in [1.82, 2.24) is 15.1 Å². The van der Waals surface area contributed by atoms with E-state index in [1.807, 2.05) is 61.6 Å². The fraction of sp³-hybridized carbons (Fsp3) is 0.158. The molecule has 6 heteroatoms. The molecule has 0 radical (unpaired) electrons. The number of carbonyl (C=O) groups excluding carboxylic acids is 1. The average molecular weight is 336 g/mol. The molecule has 1 heterocycles. The molecule has 25 heavy (non-hydrogen) atoms. The molecule has 2 amide bonds. The van der Waals surface area contributed by atoms with Gasteiger partial charge in [-0.05, 0) is 11.1 Å². The largest absolute Gasteiger partial charge is 0.392 e. The highest BCUT2D eigenvalue weighted by Gasteiger charge is 2.12. The smallest absolute Gasteiger partial charge is 0.319 e. The highest BCUT2D eigenvalue weighted by atomic mass is 16.3. The molecule has 0 saturated carbocycles. The summed E-state index contributed by atoms with van der Waals surface area (Å²) in [7, 11) is 1.81. The summed E-state index contributed by atoms with van der Waals surface area (Å²) in [5, 5.41) is 19.4. The summed E-state index contributed by atoms with van der Waals surface area (Å²) in [6, 6.07) is 16.8. The lowest BCUT2D eigenvalue weighted by Crippen LogP contribution is -2.28. The Morgan fingerprint density at radius 3 is 2.48 bits per heavy atom. The summed E-state index contributed by atoms with van der Waals surface area (Å²) in [6.07, 6.45) is 1.77. The van der Waals surface area contributed by atoms with Crippen LogP contribution in [0.5, 0.6) is 0 Å². The van der Waals surface area contributed by atoms with E-state index in [1.54, 1.807) is 10.9 Å². The molecule has 1 aromatic heterocycles. The number of nitrogens with zero attached hydrogens (tertiary/aromatic N) is 2. The first-order valence-electron chi connectivity index (χ1n) is 7.99. The maximum atomic E-state index is 12.3. The van der Waals surface area contributed by atoms with E-state index < -0.39 is 0 Å². The van der Waals surface area contributed by atoms with E-state index in [0.29, 0.717) is 17.9 Å². The minimum atomic E-state index is -0.321. The predicted octanol–water partition coefficient (Wildman–Crippen LogP) is 2.90. The summed E-state index contributed by atoms with van der Waals surface area (Å²) in [4.78, 5) is 12.3. The maximum absolute atomic E-state index is 12.3. The van der Waals surface area contributed by atoms with E-state index in [9.17, 15) is 9.90 Å². The number of aliphatic hydroxyl groups excluding tert-OH is 1. The molecule has 3 rings (SSSR count). The first-order chi connectivity index (χ1) is 12.2. The summed E-state index contributed by atoms with van der Waals surface area (Å²) in [5.74, 6) is 0. The molecule has 6 nitrogen and oxygen atoms in total. The number of hydrogen-bond acceptors (Lipinski definition) is 3. The van der Waals surface area contributed by atoms with Gasteiger partial charge >= 0.3 is 6.03 Å². The van der Waals surface area contributed by atoms with E-state index in [0.717, 1.165) is 16.7 Å². The van der Waals surface area contributed by atoms with E-state index in [1.165, 1.54) is 0 Å². The zero-order valence-electron chi connectivity index (χ0n) is 13.9. The molecule has 3 N–H and O–H groups in total. The minimum absolute atomic E-state index is 0.0553. The van der Waals surface area contributed by atoms with Gasteiger partial charge < -0.3 is 15.7 Å². The predicted molar refractivity (Wildman–Crippen MR) is 96.9 cm³/mol. The quantitative estimate of drug-likeness (QED) is 0.670. The Bertz CT molecular complexity index is 859. The van der Waals surface area contributed by atoms with Crippen LogP contribution in [0.4, 0.5) is 10.5 Å². The molecular weight excluding hydrogens is 316 g/mol. The Hall–Kier alpha value is -3.12. The number of rotatable bonds is 5. The third-order valence-electron chi connectivity index (χ3n) is 3.85. The van der Waals surface area contributed by atoms with Crippen molar-refractivity contribution in [2.75, 3.05) is 5.32 Å². The zero-order chi connectivity index (χ0) is 17.6. The molecule has 3 aromatic rings. The maximum Gasteiger partial charge on any atom is 0.319 e. The molecule has 0 bridgehead atoms. The molecule has 0 fully saturated rings. The molecule has 0 saturated heterocycles. The number of aryl methyl sites for hydroxylation is 1. The number of anilines is 1. The van der Waals surface area contributed by atoms with E-state index >= 15 is 0 Å². The second kappa shape index (κ2) is 7.63. The molecule has 0 aliphatic heterocycles. The van der Waals surface area contributed by atoms with Crippen molar-refractivity contribution in [3.8, 4) is 11.3 Å². The van der Waals surface area contributed by atoms with E-state index in [2.05, 4.69) is 15.7 Å².